The smallest absolute Gasteiger partial charge is 0.271 e. The van der Waals surface area contributed by atoms with Crippen molar-refractivity contribution in [3.05, 3.63) is 59.2 Å². The van der Waals surface area contributed by atoms with Crippen molar-refractivity contribution in [3.8, 4) is 11.5 Å². The van der Waals surface area contributed by atoms with Gasteiger partial charge in [0.25, 0.3) is 5.91 Å². The van der Waals surface area contributed by atoms with E-state index in [4.69, 9.17) is 9.47 Å². The zero-order valence-electron chi connectivity index (χ0n) is 12.1. The van der Waals surface area contributed by atoms with E-state index in [0.717, 1.165) is 12.1 Å². The summed E-state index contributed by atoms with van der Waals surface area (Å²) in [4.78, 5) is 12.0. The lowest BCUT2D eigenvalue weighted by Gasteiger charge is -2.06. The first kappa shape index (κ1) is 15.0. The molecule has 0 saturated carbocycles. The molecule has 0 radical (unpaired) electrons. The number of carbonyl (C=O) groups excluding carboxylic acids is 1. The lowest BCUT2D eigenvalue weighted by molar-refractivity contribution is 0.0954. The highest BCUT2D eigenvalue weighted by Gasteiger charge is 2.16. The van der Waals surface area contributed by atoms with E-state index in [-0.39, 0.29) is 18.1 Å². The Morgan fingerprint density at radius 2 is 1.83 bits per heavy atom. The Morgan fingerprint density at radius 1 is 1.13 bits per heavy atom. The second kappa shape index (κ2) is 6.04. The molecule has 0 fully saturated rings. The molecule has 0 unspecified atom stereocenters. The van der Waals surface area contributed by atoms with E-state index < -0.39 is 17.5 Å². The van der Waals surface area contributed by atoms with Gasteiger partial charge in [-0.1, -0.05) is 6.07 Å². The zero-order chi connectivity index (χ0) is 16.4. The molecular weight excluding hydrogens is 306 g/mol. The molecule has 1 N–H and O–H groups in total. The van der Waals surface area contributed by atoms with Crippen LogP contribution < -0.4 is 14.9 Å². The van der Waals surface area contributed by atoms with Gasteiger partial charge >= 0.3 is 0 Å². The van der Waals surface area contributed by atoms with Crippen molar-refractivity contribution in [2.75, 3.05) is 6.79 Å². The number of hydrogen-bond acceptors (Lipinski definition) is 4. The number of hydrogen-bond donors (Lipinski definition) is 1. The number of nitrogens with one attached hydrogen (secondary N) is 1. The Morgan fingerprint density at radius 3 is 2.57 bits per heavy atom. The third kappa shape index (κ3) is 2.98. The molecule has 0 bridgehead atoms. The summed E-state index contributed by atoms with van der Waals surface area (Å²) in [7, 11) is 0. The number of benzene rings is 2. The highest BCUT2D eigenvalue weighted by atomic mass is 19.1. The number of amides is 1. The molecule has 1 aliphatic heterocycles. The Bertz CT molecular complexity index is 786. The molecule has 3 rings (SSSR count). The molecule has 23 heavy (non-hydrogen) atoms. The maximum absolute atomic E-state index is 13.6. The fourth-order valence-corrected chi connectivity index (χ4v) is 2.14. The molecule has 2 aromatic rings. The van der Waals surface area contributed by atoms with Crippen LogP contribution >= 0.6 is 0 Å². The fourth-order valence-electron chi connectivity index (χ4n) is 2.14. The molecule has 118 valence electrons. The van der Waals surface area contributed by atoms with Crippen LogP contribution in [0.15, 0.2) is 41.5 Å². The standard InChI is InChI=1S/C16H12F2N2O3/c1-9(15-11(17)3-2-4-12(15)18)19-20-16(21)10-5-6-13-14(7-10)23-8-22-13/h2-7H,8H2,1H3,(H,20,21)/b19-9-. The SMILES string of the molecule is C/C(=N/NC(=O)c1ccc2c(c1)OCO2)c1c(F)cccc1F. The van der Waals surface area contributed by atoms with Gasteiger partial charge in [-0.15, -0.1) is 0 Å². The van der Waals surface area contributed by atoms with Gasteiger partial charge in [0.15, 0.2) is 11.5 Å². The van der Waals surface area contributed by atoms with Crippen LogP contribution in [0.3, 0.4) is 0 Å². The van der Waals surface area contributed by atoms with Crippen LogP contribution in [0.2, 0.25) is 0 Å². The van der Waals surface area contributed by atoms with Gasteiger partial charge in [-0.2, -0.15) is 5.10 Å². The minimum atomic E-state index is -0.747. The molecule has 1 amide bonds. The maximum atomic E-state index is 13.6. The van der Waals surface area contributed by atoms with Crippen molar-refractivity contribution >= 4 is 11.6 Å². The molecule has 7 heteroatoms. The maximum Gasteiger partial charge on any atom is 0.271 e. The number of carbonyl (C=O) groups is 1. The number of nitrogens with zero attached hydrogens (tertiary/aromatic N) is 1. The Kier molecular flexibility index (Phi) is 3.92. The molecule has 0 spiro atoms. The van der Waals surface area contributed by atoms with Crippen molar-refractivity contribution < 1.29 is 23.0 Å². The van der Waals surface area contributed by atoms with Crippen LogP contribution in [0, 0.1) is 11.6 Å². The summed E-state index contributed by atoms with van der Waals surface area (Å²) in [6.45, 7) is 1.51. The van der Waals surface area contributed by atoms with Crippen LogP contribution in [-0.2, 0) is 0 Å². The molecule has 2 aromatic carbocycles. The minimum absolute atomic E-state index is 0.0229. The predicted octanol–water partition coefficient (Wildman–Crippen LogP) is 2.85. The van der Waals surface area contributed by atoms with Gasteiger partial charge in [0, 0.05) is 5.56 Å². The van der Waals surface area contributed by atoms with E-state index in [1.807, 2.05) is 0 Å². The van der Waals surface area contributed by atoms with Crippen LogP contribution in [-0.4, -0.2) is 18.4 Å². The first-order valence-corrected chi connectivity index (χ1v) is 6.75. The summed E-state index contributed by atoms with van der Waals surface area (Å²) < 4.78 is 37.6. The number of rotatable bonds is 3. The summed E-state index contributed by atoms with van der Waals surface area (Å²) in [6.07, 6.45) is 0. The van der Waals surface area contributed by atoms with E-state index in [9.17, 15) is 13.6 Å². The van der Waals surface area contributed by atoms with Gasteiger partial charge in [0.05, 0.1) is 11.3 Å². The average molecular weight is 318 g/mol. The average Bonchev–Trinajstić information content (AvgIpc) is 3.00. The Balaban J connectivity index is 1.78. The van der Waals surface area contributed by atoms with Gasteiger partial charge in [0.2, 0.25) is 6.79 Å². The molecule has 1 heterocycles. The third-order valence-electron chi connectivity index (χ3n) is 3.28. The van der Waals surface area contributed by atoms with Crippen molar-refractivity contribution in [3.63, 3.8) is 0 Å². The summed E-state index contributed by atoms with van der Waals surface area (Å²) in [5.41, 5.74) is 2.30. The highest BCUT2D eigenvalue weighted by Crippen LogP contribution is 2.32. The largest absolute Gasteiger partial charge is 0.454 e. The summed E-state index contributed by atoms with van der Waals surface area (Å²) in [5, 5.41) is 3.75. The third-order valence-corrected chi connectivity index (χ3v) is 3.28. The first-order valence-electron chi connectivity index (χ1n) is 6.75. The second-order valence-corrected chi connectivity index (χ2v) is 4.80. The van der Waals surface area contributed by atoms with E-state index in [2.05, 4.69) is 10.5 Å². The van der Waals surface area contributed by atoms with E-state index in [1.165, 1.54) is 25.1 Å². The lowest BCUT2D eigenvalue weighted by atomic mass is 10.1. The zero-order valence-corrected chi connectivity index (χ0v) is 12.1. The van der Waals surface area contributed by atoms with Crippen LogP contribution in [0.5, 0.6) is 11.5 Å². The normalized spacial score (nSPS) is 13.1. The van der Waals surface area contributed by atoms with Crippen LogP contribution in [0.4, 0.5) is 8.78 Å². The highest BCUT2D eigenvalue weighted by molar-refractivity contribution is 6.01. The number of hydrazone groups is 1. The van der Waals surface area contributed by atoms with Crippen molar-refractivity contribution in [2.24, 2.45) is 5.10 Å². The van der Waals surface area contributed by atoms with Gasteiger partial charge in [-0.05, 0) is 37.3 Å². The van der Waals surface area contributed by atoms with Crippen molar-refractivity contribution in [1.82, 2.24) is 5.43 Å². The van der Waals surface area contributed by atoms with Crippen molar-refractivity contribution in [2.45, 2.75) is 6.92 Å². The fraction of sp³-hybridized carbons (Fsp3) is 0.125. The molecule has 0 aliphatic carbocycles. The lowest BCUT2D eigenvalue weighted by Crippen LogP contribution is -2.20. The topological polar surface area (TPSA) is 59.9 Å². The second-order valence-electron chi connectivity index (χ2n) is 4.80. The molecule has 0 aromatic heterocycles. The molecule has 1 aliphatic rings. The molecule has 5 nitrogen and oxygen atoms in total. The quantitative estimate of drug-likeness (QED) is 0.699. The van der Waals surface area contributed by atoms with Crippen LogP contribution in [0.1, 0.15) is 22.8 Å². The summed E-state index contributed by atoms with van der Waals surface area (Å²) in [6, 6.07) is 8.15. The summed E-state index contributed by atoms with van der Waals surface area (Å²) >= 11 is 0. The number of halogens is 2. The van der Waals surface area contributed by atoms with Gasteiger partial charge in [0.1, 0.15) is 11.6 Å². The molecule has 0 saturated heterocycles. The van der Waals surface area contributed by atoms with Crippen molar-refractivity contribution in [1.29, 1.82) is 0 Å². The molecule has 0 atom stereocenters. The number of fused-ring (bicyclic) bond motifs is 1. The van der Waals surface area contributed by atoms with Gasteiger partial charge < -0.3 is 9.47 Å². The monoisotopic (exact) mass is 318 g/mol. The summed E-state index contributed by atoms with van der Waals surface area (Å²) in [5.74, 6) is -1.01. The van der Waals surface area contributed by atoms with E-state index in [1.54, 1.807) is 6.07 Å². The Labute approximate surface area is 130 Å². The predicted molar refractivity (Wildman–Crippen MR) is 78.6 cm³/mol. The number of ether oxygens (including phenoxy) is 2. The van der Waals surface area contributed by atoms with Gasteiger partial charge in [-0.25, -0.2) is 14.2 Å². The minimum Gasteiger partial charge on any atom is -0.454 e. The molecular formula is C16H12F2N2O3. The Hall–Kier alpha value is -2.96. The van der Waals surface area contributed by atoms with Crippen LogP contribution in [0.25, 0.3) is 0 Å². The van der Waals surface area contributed by atoms with E-state index >= 15 is 0 Å². The van der Waals surface area contributed by atoms with E-state index in [0.29, 0.717) is 17.1 Å². The van der Waals surface area contributed by atoms with Gasteiger partial charge in [-0.3, -0.25) is 4.79 Å². The first-order chi connectivity index (χ1) is 11.1.